The van der Waals surface area contributed by atoms with Gasteiger partial charge >= 0.3 is 0 Å². The number of hydrogen-bond acceptors (Lipinski definition) is 8. The maximum Gasteiger partial charge on any atom is 0.263 e. The standard InChI is InChI=1S/C32H38F2N8O2/c1-20-17-25-28(34)24(18-26(33)29(25)37-20)21(2)44-31-27(32(43)42-15-11-40(4)12-16-42)30(35-19-36-31)38-22-5-7-23(8-6-22)41-13-9-39(3)10-14-41/h5-8,17-19,21,37H,9-16H2,1-4H3,(H,35,36,38)/t21-/m1/s1. The number of nitrogens with zero attached hydrogens (tertiary/aromatic N) is 6. The van der Waals surface area contributed by atoms with E-state index in [0.717, 1.165) is 56.7 Å². The van der Waals surface area contributed by atoms with Crippen LogP contribution in [0.25, 0.3) is 10.9 Å². The lowest BCUT2D eigenvalue weighted by Crippen LogP contribution is -2.47. The average Bonchev–Trinajstić information content (AvgIpc) is 3.42. The van der Waals surface area contributed by atoms with Gasteiger partial charge < -0.3 is 34.6 Å². The Morgan fingerprint density at radius 2 is 1.61 bits per heavy atom. The highest BCUT2D eigenvalue weighted by Gasteiger charge is 2.30. The van der Waals surface area contributed by atoms with Gasteiger partial charge in [0.25, 0.3) is 5.91 Å². The normalized spacial score (nSPS) is 17.2. The van der Waals surface area contributed by atoms with Crippen LogP contribution >= 0.6 is 0 Å². The van der Waals surface area contributed by atoms with Gasteiger partial charge in [-0.3, -0.25) is 4.79 Å². The number of aromatic nitrogens is 3. The summed E-state index contributed by atoms with van der Waals surface area (Å²) in [7, 11) is 4.14. The highest BCUT2D eigenvalue weighted by molar-refractivity contribution is 6.01. The van der Waals surface area contributed by atoms with Crippen molar-refractivity contribution < 1.29 is 18.3 Å². The van der Waals surface area contributed by atoms with Crippen LogP contribution in [0.5, 0.6) is 5.88 Å². The van der Waals surface area contributed by atoms with Crippen molar-refractivity contribution in [1.82, 2.24) is 29.7 Å². The summed E-state index contributed by atoms with van der Waals surface area (Å²) < 4.78 is 36.7. The fourth-order valence-corrected chi connectivity index (χ4v) is 5.78. The topological polar surface area (TPSA) is 92.9 Å². The monoisotopic (exact) mass is 604 g/mol. The maximum absolute atomic E-state index is 15.6. The van der Waals surface area contributed by atoms with E-state index in [1.165, 1.54) is 6.33 Å². The summed E-state index contributed by atoms with van der Waals surface area (Å²) in [5.41, 5.74) is 2.79. The van der Waals surface area contributed by atoms with Crippen LogP contribution in [0.1, 0.15) is 34.6 Å². The lowest BCUT2D eigenvalue weighted by Gasteiger charge is -2.34. The number of benzene rings is 2. The number of amides is 1. The molecule has 0 saturated carbocycles. The van der Waals surface area contributed by atoms with Gasteiger partial charge in [0.05, 0.1) is 5.52 Å². The third-order valence-electron chi connectivity index (χ3n) is 8.51. The van der Waals surface area contributed by atoms with Crippen molar-refractivity contribution in [1.29, 1.82) is 0 Å². The summed E-state index contributed by atoms with van der Waals surface area (Å²) in [5.74, 6) is -1.18. The first-order valence-electron chi connectivity index (χ1n) is 14.9. The molecule has 0 bridgehead atoms. The largest absolute Gasteiger partial charge is 0.469 e. The van der Waals surface area contributed by atoms with Crippen molar-refractivity contribution >= 4 is 34.0 Å². The van der Waals surface area contributed by atoms with Crippen LogP contribution < -0.4 is 15.0 Å². The van der Waals surface area contributed by atoms with Crippen LogP contribution in [-0.4, -0.2) is 102 Å². The molecular weight excluding hydrogens is 566 g/mol. The third kappa shape index (κ3) is 6.04. The van der Waals surface area contributed by atoms with Gasteiger partial charge in [0.1, 0.15) is 29.6 Å². The number of hydrogen-bond donors (Lipinski definition) is 2. The molecule has 44 heavy (non-hydrogen) atoms. The maximum atomic E-state index is 15.6. The minimum absolute atomic E-state index is 0.00172. The van der Waals surface area contributed by atoms with Gasteiger partial charge in [0.2, 0.25) is 5.88 Å². The zero-order valence-corrected chi connectivity index (χ0v) is 25.5. The van der Waals surface area contributed by atoms with Crippen LogP contribution in [0.4, 0.5) is 26.0 Å². The summed E-state index contributed by atoms with van der Waals surface area (Å²) in [6, 6.07) is 10.7. The van der Waals surface area contributed by atoms with E-state index in [0.29, 0.717) is 18.8 Å². The van der Waals surface area contributed by atoms with E-state index < -0.39 is 17.7 Å². The molecule has 1 amide bonds. The number of H-pyrrole nitrogens is 1. The molecule has 2 aromatic carbocycles. The van der Waals surface area contributed by atoms with Crippen LogP contribution in [-0.2, 0) is 0 Å². The molecule has 6 rings (SSSR count). The molecule has 2 saturated heterocycles. The van der Waals surface area contributed by atoms with Gasteiger partial charge in [0.15, 0.2) is 5.82 Å². The smallest absolute Gasteiger partial charge is 0.263 e. The lowest BCUT2D eigenvalue weighted by atomic mass is 10.1. The number of carbonyl (C=O) groups is 1. The van der Waals surface area contributed by atoms with E-state index in [-0.39, 0.29) is 39.6 Å². The van der Waals surface area contributed by atoms with Crippen molar-refractivity contribution in [3.63, 3.8) is 0 Å². The number of ether oxygens (including phenoxy) is 1. The Bertz CT molecular complexity index is 1640. The molecule has 2 N–H and O–H groups in total. The SMILES string of the molecule is Cc1cc2c(F)c([C@@H](C)Oc3ncnc(Nc4ccc(N5CCN(C)CC5)cc4)c3C(=O)N3CCN(C)CC3)cc(F)c2[nH]1. The summed E-state index contributed by atoms with van der Waals surface area (Å²) >= 11 is 0. The summed E-state index contributed by atoms with van der Waals surface area (Å²) in [6.45, 7) is 9.79. The average molecular weight is 605 g/mol. The Kier molecular flexibility index (Phi) is 8.37. The Morgan fingerprint density at radius 1 is 0.955 bits per heavy atom. The number of halogens is 2. The Balaban J connectivity index is 1.31. The van der Waals surface area contributed by atoms with Gasteiger partial charge in [-0.2, -0.15) is 0 Å². The number of fused-ring (bicyclic) bond motifs is 1. The molecule has 0 radical (unpaired) electrons. The Hall–Kier alpha value is -4.29. The highest BCUT2D eigenvalue weighted by Crippen LogP contribution is 2.34. The first-order chi connectivity index (χ1) is 21.2. The van der Waals surface area contributed by atoms with E-state index >= 15 is 4.39 Å². The minimum atomic E-state index is -0.950. The molecule has 0 aliphatic carbocycles. The molecule has 2 aromatic heterocycles. The fourth-order valence-electron chi connectivity index (χ4n) is 5.78. The number of carbonyl (C=O) groups excluding carboxylic acids is 1. The molecule has 2 aliphatic heterocycles. The van der Waals surface area contributed by atoms with Crippen molar-refractivity contribution in [3.8, 4) is 5.88 Å². The number of nitrogens with one attached hydrogen (secondary N) is 2. The molecule has 4 aromatic rings. The van der Waals surface area contributed by atoms with E-state index in [2.05, 4.69) is 42.0 Å². The van der Waals surface area contributed by atoms with Gasteiger partial charge in [-0.15, -0.1) is 0 Å². The molecule has 1 atom stereocenters. The first-order valence-corrected chi connectivity index (χ1v) is 14.9. The summed E-state index contributed by atoms with van der Waals surface area (Å²) in [4.78, 5) is 34.2. The molecule has 10 nitrogen and oxygen atoms in total. The number of aromatic amines is 1. The highest BCUT2D eigenvalue weighted by atomic mass is 19.1. The van der Waals surface area contributed by atoms with Crippen LogP contribution in [0, 0.1) is 18.6 Å². The third-order valence-corrected chi connectivity index (χ3v) is 8.51. The van der Waals surface area contributed by atoms with Gasteiger partial charge in [-0.1, -0.05) is 0 Å². The quantitative estimate of drug-likeness (QED) is 0.317. The zero-order valence-electron chi connectivity index (χ0n) is 25.5. The molecule has 2 aliphatic rings. The van der Waals surface area contributed by atoms with Gasteiger partial charge in [-0.25, -0.2) is 18.7 Å². The zero-order chi connectivity index (χ0) is 31.0. The molecule has 232 valence electrons. The van der Waals surface area contributed by atoms with E-state index in [9.17, 15) is 9.18 Å². The van der Waals surface area contributed by atoms with Crippen molar-refractivity contribution in [2.75, 3.05) is 76.7 Å². The van der Waals surface area contributed by atoms with Gasteiger partial charge in [0, 0.05) is 80.4 Å². The number of likely N-dealkylation sites (N-methyl/N-ethyl adjacent to an activating group) is 2. The molecule has 4 heterocycles. The molecular formula is C32H38F2N8O2. The molecule has 12 heteroatoms. The predicted molar refractivity (Wildman–Crippen MR) is 167 cm³/mol. The van der Waals surface area contributed by atoms with E-state index in [1.54, 1.807) is 24.8 Å². The second kappa shape index (κ2) is 12.4. The van der Waals surface area contributed by atoms with Crippen LogP contribution in [0.3, 0.4) is 0 Å². The first kappa shape index (κ1) is 29.8. The minimum Gasteiger partial charge on any atom is -0.469 e. The summed E-state index contributed by atoms with van der Waals surface area (Å²) in [5, 5.41) is 3.43. The van der Waals surface area contributed by atoms with Crippen molar-refractivity contribution in [3.05, 3.63) is 71.2 Å². The Morgan fingerprint density at radius 3 is 2.30 bits per heavy atom. The van der Waals surface area contributed by atoms with Crippen LogP contribution in [0.15, 0.2) is 42.7 Å². The molecule has 0 spiro atoms. The fraction of sp³-hybridized carbons (Fsp3) is 0.406. The Labute approximate surface area is 255 Å². The number of piperazine rings is 2. The van der Waals surface area contributed by atoms with E-state index in [4.69, 9.17) is 4.74 Å². The molecule has 2 fully saturated rings. The van der Waals surface area contributed by atoms with Crippen molar-refractivity contribution in [2.24, 2.45) is 0 Å². The summed E-state index contributed by atoms with van der Waals surface area (Å²) in [6.07, 6.45) is 0.355. The second-order valence-electron chi connectivity index (χ2n) is 11.7. The second-order valence-corrected chi connectivity index (χ2v) is 11.7. The van der Waals surface area contributed by atoms with Crippen molar-refractivity contribution in [2.45, 2.75) is 20.0 Å². The number of aryl methyl sites for hydroxylation is 1. The number of anilines is 3. The molecule has 0 unspecified atom stereocenters. The predicted octanol–water partition coefficient (Wildman–Crippen LogP) is 4.57. The lowest BCUT2D eigenvalue weighted by molar-refractivity contribution is 0.0656. The van der Waals surface area contributed by atoms with Gasteiger partial charge in [-0.05, 0) is 64.3 Å². The van der Waals surface area contributed by atoms with Crippen LogP contribution in [0.2, 0.25) is 0 Å². The number of rotatable bonds is 7. The van der Waals surface area contributed by atoms with E-state index in [1.807, 2.05) is 31.3 Å².